The number of ether oxygens (including phenoxy) is 1. The number of methoxy groups -OCH3 is 1. The first kappa shape index (κ1) is 18.8. The van der Waals surface area contributed by atoms with E-state index in [9.17, 15) is 14.9 Å². The summed E-state index contributed by atoms with van der Waals surface area (Å²) in [6, 6.07) is 7.67. The Hall–Kier alpha value is -2.96. The number of anilines is 1. The molecular weight excluding hydrogens is 346 g/mol. The second-order valence-electron chi connectivity index (χ2n) is 7.72. The molecule has 2 heterocycles. The molecule has 2 aromatic rings. The Kier molecular flexibility index (Phi) is 4.87. The standard InChI is InChI=1S/C20H23N3O4/c1-20(2,3)16-6-5-14-12-22(8-7-13(14)9-16)18-17(23(25)26)10-15(11-21-18)19(24)27-4/h5-6,9-11H,7-8,12H2,1-4H3. The Morgan fingerprint density at radius 3 is 2.63 bits per heavy atom. The van der Waals surface area contributed by atoms with Crippen LogP contribution in [0.2, 0.25) is 0 Å². The molecule has 0 saturated carbocycles. The van der Waals surface area contributed by atoms with E-state index >= 15 is 0 Å². The zero-order valence-electron chi connectivity index (χ0n) is 16.0. The van der Waals surface area contributed by atoms with E-state index in [2.05, 4.69) is 48.7 Å². The summed E-state index contributed by atoms with van der Waals surface area (Å²) in [6.45, 7) is 7.72. The third-order valence-corrected chi connectivity index (χ3v) is 4.85. The Labute approximate surface area is 158 Å². The molecule has 3 rings (SSSR count). The maximum atomic E-state index is 11.7. The highest BCUT2D eigenvalue weighted by atomic mass is 16.6. The van der Waals surface area contributed by atoms with Crippen LogP contribution in [0.15, 0.2) is 30.5 Å². The number of esters is 1. The number of nitrogens with zero attached hydrogens (tertiary/aromatic N) is 3. The van der Waals surface area contributed by atoms with Crippen molar-refractivity contribution in [3.63, 3.8) is 0 Å². The van der Waals surface area contributed by atoms with Crippen LogP contribution in [0.3, 0.4) is 0 Å². The van der Waals surface area contributed by atoms with Crippen LogP contribution < -0.4 is 4.90 Å². The summed E-state index contributed by atoms with van der Waals surface area (Å²) in [5, 5.41) is 11.5. The molecule has 1 aromatic heterocycles. The van der Waals surface area contributed by atoms with Gasteiger partial charge in [-0.05, 0) is 28.5 Å². The minimum Gasteiger partial charge on any atom is -0.465 e. The number of fused-ring (bicyclic) bond motifs is 1. The molecule has 0 N–H and O–H groups in total. The molecule has 0 unspecified atom stereocenters. The van der Waals surface area contributed by atoms with Crippen LogP contribution in [0.5, 0.6) is 0 Å². The van der Waals surface area contributed by atoms with Crippen molar-refractivity contribution in [3.05, 3.63) is 62.8 Å². The quantitative estimate of drug-likeness (QED) is 0.466. The monoisotopic (exact) mass is 369 g/mol. The molecule has 0 atom stereocenters. The zero-order valence-corrected chi connectivity index (χ0v) is 16.0. The summed E-state index contributed by atoms with van der Waals surface area (Å²) in [7, 11) is 1.23. The molecule has 27 heavy (non-hydrogen) atoms. The third kappa shape index (κ3) is 3.77. The summed E-state index contributed by atoms with van der Waals surface area (Å²) in [4.78, 5) is 28.8. The minimum atomic E-state index is -0.643. The number of aromatic nitrogens is 1. The van der Waals surface area contributed by atoms with Crippen molar-refractivity contribution in [1.29, 1.82) is 0 Å². The average molecular weight is 369 g/mol. The number of pyridine rings is 1. The fraction of sp³-hybridized carbons (Fsp3) is 0.400. The highest BCUT2D eigenvalue weighted by molar-refractivity contribution is 5.90. The van der Waals surface area contributed by atoms with Crippen LogP contribution in [0.4, 0.5) is 11.5 Å². The lowest BCUT2D eigenvalue weighted by atomic mass is 9.84. The van der Waals surface area contributed by atoms with Gasteiger partial charge in [0.2, 0.25) is 5.82 Å². The molecule has 1 aliphatic heterocycles. The lowest BCUT2D eigenvalue weighted by Crippen LogP contribution is -2.32. The predicted octanol–water partition coefficient (Wildman–Crippen LogP) is 3.64. The molecule has 1 aliphatic rings. The summed E-state index contributed by atoms with van der Waals surface area (Å²) in [5.41, 5.74) is 3.65. The molecule has 7 nitrogen and oxygen atoms in total. The van der Waals surface area contributed by atoms with E-state index in [-0.39, 0.29) is 22.5 Å². The van der Waals surface area contributed by atoms with Crippen molar-refractivity contribution in [2.75, 3.05) is 18.6 Å². The Balaban J connectivity index is 1.93. The molecule has 0 radical (unpaired) electrons. The Bertz CT molecular complexity index is 903. The van der Waals surface area contributed by atoms with Crippen molar-refractivity contribution in [2.45, 2.75) is 39.2 Å². The highest BCUT2D eigenvalue weighted by Gasteiger charge is 2.27. The molecule has 0 amide bonds. The number of carbonyl (C=O) groups excluding carboxylic acids is 1. The van der Waals surface area contributed by atoms with Gasteiger partial charge in [-0.1, -0.05) is 39.0 Å². The van der Waals surface area contributed by atoms with E-state index in [1.165, 1.54) is 30.5 Å². The van der Waals surface area contributed by atoms with Crippen LogP contribution in [0, 0.1) is 10.1 Å². The van der Waals surface area contributed by atoms with Gasteiger partial charge in [0.05, 0.1) is 17.6 Å². The average Bonchev–Trinajstić information content (AvgIpc) is 2.65. The fourth-order valence-corrected chi connectivity index (χ4v) is 3.25. The third-order valence-electron chi connectivity index (χ3n) is 4.85. The lowest BCUT2D eigenvalue weighted by Gasteiger charge is -2.31. The fourth-order valence-electron chi connectivity index (χ4n) is 3.25. The van der Waals surface area contributed by atoms with Crippen molar-refractivity contribution in [3.8, 4) is 0 Å². The van der Waals surface area contributed by atoms with E-state index in [4.69, 9.17) is 0 Å². The predicted molar refractivity (Wildman–Crippen MR) is 102 cm³/mol. The normalized spacial score (nSPS) is 13.9. The smallest absolute Gasteiger partial charge is 0.339 e. The van der Waals surface area contributed by atoms with E-state index in [1.54, 1.807) is 0 Å². The molecule has 142 valence electrons. The van der Waals surface area contributed by atoms with Gasteiger partial charge in [-0.3, -0.25) is 10.1 Å². The van der Waals surface area contributed by atoms with Gasteiger partial charge in [0.15, 0.2) is 0 Å². The lowest BCUT2D eigenvalue weighted by molar-refractivity contribution is -0.384. The Morgan fingerprint density at radius 1 is 1.26 bits per heavy atom. The van der Waals surface area contributed by atoms with E-state index in [0.717, 1.165) is 12.0 Å². The van der Waals surface area contributed by atoms with Gasteiger partial charge < -0.3 is 9.64 Å². The van der Waals surface area contributed by atoms with Crippen LogP contribution in [-0.2, 0) is 23.1 Å². The number of hydrogen-bond acceptors (Lipinski definition) is 6. The molecule has 0 fully saturated rings. The first-order valence-corrected chi connectivity index (χ1v) is 8.80. The summed E-state index contributed by atoms with van der Waals surface area (Å²) in [6.07, 6.45) is 2.11. The van der Waals surface area contributed by atoms with Gasteiger partial charge in [0, 0.05) is 25.4 Å². The summed E-state index contributed by atoms with van der Waals surface area (Å²) >= 11 is 0. The molecular formula is C20H23N3O4. The number of carbonyl (C=O) groups is 1. The van der Waals surface area contributed by atoms with Crippen LogP contribution in [0.1, 0.15) is 47.8 Å². The van der Waals surface area contributed by atoms with Crippen molar-refractivity contribution in [1.82, 2.24) is 4.98 Å². The van der Waals surface area contributed by atoms with Crippen LogP contribution in [-0.4, -0.2) is 29.5 Å². The Morgan fingerprint density at radius 2 is 2.00 bits per heavy atom. The van der Waals surface area contributed by atoms with Gasteiger partial charge in [-0.25, -0.2) is 9.78 Å². The highest BCUT2D eigenvalue weighted by Crippen LogP contribution is 2.32. The molecule has 1 aromatic carbocycles. The summed E-state index contributed by atoms with van der Waals surface area (Å²) < 4.78 is 4.63. The van der Waals surface area contributed by atoms with Crippen molar-refractivity contribution >= 4 is 17.5 Å². The number of nitro groups is 1. The number of hydrogen-bond donors (Lipinski definition) is 0. The number of benzene rings is 1. The zero-order chi connectivity index (χ0) is 19.8. The van der Waals surface area contributed by atoms with Gasteiger partial charge in [-0.2, -0.15) is 0 Å². The first-order chi connectivity index (χ1) is 12.7. The number of rotatable bonds is 3. The SMILES string of the molecule is COC(=O)c1cnc(N2CCc3cc(C(C)(C)C)ccc3C2)c([N+](=O)[O-])c1. The second kappa shape index (κ2) is 6.98. The van der Waals surface area contributed by atoms with Crippen molar-refractivity contribution < 1.29 is 14.5 Å². The van der Waals surface area contributed by atoms with Gasteiger partial charge in [0.25, 0.3) is 0 Å². The molecule has 0 spiro atoms. The molecule has 0 aliphatic carbocycles. The van der Waals surface area contributed by atoms with E-state index < -0.39 is 10.9 Å². The van der Waals surface area contributed by atoms with Gasteiger partial charge >= 0.3 is 11.7 Å². The maximum absolute atomic E-state index is 11.7. The summed E-state index contributed by atoms with van der Waals surface area (Å²) in [5.74, 6) is -0.367. The van der Waals surface area contributed by atoms with Crippen molar-refractivity contribution in [2.24, 2.45) is 0 Å². The van der Waals surface area contributed by atoms with Crippen LogP contribution >= 0.6 is 0 Å². The minimum absolute atomic E-state index is 0.0696. The topological polar surface area (TPSA) is 85.6 Å². The second-order valence-corrected chi connectivity index (χ2v) is 7.72. The largest absolute Gasteiger partial charge is 0.465 e. The van der Waals surface area contributed by atoms with Gasteiger partial charge in [-0.15, -0.1) is 0 Å². The van der Waals surface area contributed by atoms with E-state index in [1.807, 2.05) is 4.90 Å². The molecule has 0 saturated heterocycles. The molecule has 0 bridgehead atoms. The maximum Gasteiger partial charge on any atom is 0.339 e. The van der Waals surface area contributed by atoms with Gasteiger partial charge in [0.1, 0.15) is 0 Å². The van der Waals surface area contributed by atoms with E-state index in [0.29, 0.717) is 13.1 Å². The first-order valence-electron chi connectivity index (χ1n) is 8.80. The van der Waals surface area contributed by atoms with Crippen LogP contribution in [0.25, 0.3) is 0 Å². The molecule has 7 heteroatoms.